The number of nitrogens with zero attached hydrogens (tertiary/aromatic N) is 5. The summed E-state index contributed by atoms with van der Waals surface area (Å²) in [6.07, 6.45) is 1.92. The second-order valence-electron chi connectivity index (χ2n) is 7.00. The van der Waals surface area contributed by atoms with Crippen molar-refractivity contribution in [3.8, 4) is 11.5 Å². The van der Waals surface area contributed by atoms with Crippen LogP contribution >= 0.6 is 0 Å². The smallest absolute Gasteiger partial charge is 0.323 e. The Balaban J connectivity index is 1.70. The lowest BCUT2D eigenvalue weighted by Crippen LogP contribution is -2.48. The summed E-state index contributed by atoms with van der Waals surface area (Å²) < 4.78 is 78.3. The van der Waals surface area contributed by atoms with Gasteiger partial charge in [0.05, 0.1) is 12.7 Å². The maximum Gasteiger partial charge on any atom is 0.323 e. The number of aliphatic hydroxyl groups is 1. The Morgan fingerprint density at radius 1 is 0.909 bits per heavy atom. The number of aromatic nitrogens is 5. The second-order valence-corrected chi connectivity index (χ2v) is 7.00. The topological polar surface area (TPSA) is 86.0 Å². The maximum absolute atomic E-state index is 15.6. The number of hydrogen-bond acceptors (Lipinski definition) is 6. The first kappa shape index (κ1) is 22.3. The molecule has 1 atom stereocenters. The quantitative estimate of drug-likeness (QED) is 0.418. The molecule has 1 unspecified atom stereocenters. The highest BCUT2D eigenvalue weighted by atomic mass is 19.3. The molecule has 0 spiro atoms. The average Bonchev–Trinajstić information content (AvgIpc) is 3.28. The van der Waals surface area contributed by atoms with Crippen molar-refractivity contribution in [1.29, 1.82) is 0 Å². The van der Waals surface area contributed by atoms with Gasteiger partial charge in [0.25, 0.3) is 0 Å². The predicted molar refractivity (Wildman–Crippen MR) is 103 cm³/mol. The number of halogens is 5. The van der Waals surface area contributed by atoms with E-state index in [2.05, 4.69) is 20.5 Å². The van der Waals surface area contributed by atoms with Crippen LogP contribution in [-0.2, 0) is 18.1 Å². The molecule has 0 bridgehead atoms. The zero-order valence-corrected chi connectivity index (χ0v) is 16.5. The molecule has 4 rings (SSSR count). The van der Waals surface area contributed by atoms with Crippen LogP contribution in [-0.4, -0.2) is 30.3 Å². The van der Waals surface area contributed by atoms with Gasteiger partial charge in [-0.3, -0.25) is 4.98 Å². The summed E-state index contributed by atoms with van der Waals surface area (Å²) in [7, 11) is 0. The van der Waals surface area contributed by atoms with Crippen molar-refractivity contribution < 1.29 is 31.8 Å². The zero-order chi connectivity index (χ0) is 23.6. The average molecular weight is 463 g/mol. The van der Waals surface area contributed by atoms with Crippen LogP contribution in [0.3, 0.4) is 0 Å². The van der Waals surface area contributed by atoms with E-state index in [4.69, 9.17) is 4.74 Å². The minimum Gasteiger partial charge on any atom is -0.456 e. The molecule has 2 heterocycles. The van der Waals surface area contributed by atoms with Gasteiger partial charge in [-0.2, -0.15) is 8.78 Å². The molecule has 0 radical (unpaired) electrons. The first-order chi connectivity index (χ1) is 15.7. The first-order valence-electron chi connectivity index (χ1n) is 9.35. The summed E-state index contributed by atoms with van der Waals surface area (Å²) >= 11 is 0. The molecule has 1 N–H and O–H groups in total. The maximum atomic E-state index is 15.6. The van der Waals surface area contributed by atoms with Crippen molar-refractivity contribution >= 4 is 0 Å². The monoisotopic (exact) mass is 463 g/mol. The van der Waals surface area contributed by atoms with Gasteiger partial charge in [-0.1, -0.05) is 0 Å². The molecule has 0 amide bonds. The van der Waals surface area contributed by atoms with Gasteiger partial charge in [0.1, 0.15) is 41.0 Å². The third-order valence-corrected chi connectivity index (χ3v) is 4.79. The van der Waals surface area contributed by atoms with Crippen LogP contribution < -0.4 is 4.74 Å². The number of hydrogen-bond donors (Lipinski definition) is 1. The number of ether oxygens (including phenoxy) is 1. The van der Waals surface area contributed by atoms with Crippen molar-refractivity contribution in [1.82, 2.24) is 25.2 Å². The van der Waals surface area contributed by atoms with Gasteiger partial charge in [-0.15, -0.1) is 5.10 Å². The van der Waals surface area contributed by atoms with Gasteiger partial charge in [0, 0.05) is 11.6 Å². The Kier molecular flexibility index (Phi) is 5.77. The number of benzene rings is 2. The Labute approximate surface area is 183 Å². The van der Waals surface area contributed by atoms with E-state index >= 15 is 8.78 Å². The first-order valence-corrected chi connectivity index (χ1v) is 9.35. The Bertz CT molecular complexity index is 1240. The van der Waals surface area contributed by atoms with E-state index < -0.39 is 46.8 Å². The number of tetrazole rings is 1. The van der Waals surface area contributed by atoms with Gasteiger partial charge in [-0.05, 0) is 59.0 Å². The summed E-state index contributed by atoms with van der Waals surface area (Å²) in [5.74, 6) is -6.78. The molecule has 0 aliphatic carbocycles. The molecule has 4 aromatic rings. The fraction of sp³-hybridized carbons (Fsp3) is 0.143. The van der Waals surface area contributed by atoms with Gasteiger partial charge < -0.3 is 9.84 Å². The molecule has 170 valence electrons. The van der Waals surface area contributed by atoms with Gasteiger partial charge in [0.15, 0.2) is 5.60 Å². The zero-order valence-electron chi connectivity index (χ0n) is 16.5. The van der Waals surface area contributed by atoms with Crippen LogP contribution in [0.15, 0.2) is 67.1 Å². The molecular formula is C21H14F5N5O2. The molecule has 33 heavy (non-hydrogen) atoms. The molecular weight excluding hydrogens is 449 g/mol. The van der Waals surface area contributed by atoms with Gasteiger partial charge in [-0.25, -0.2) is 17.9 Å². The second kappa shape index (κ2) is 8.54. The summed E-state index contributed by atoms with van der Waals surface area (Å²) in [5, 5.41) is 21.2. The van der Waals surface area contributed by atoms with Crippen molar-refractivity contribution in [2.45, 2.75) is 18.1 Å². The highest BCUT2D eigenvalue weighted by Gasteiger charge is 2.58. The van der Waals surface area contributed by atoms with Gasteiger partial charge in [0.2, 0.25) is 0 Å². The molecule has 7 nitrogen and oxygen atoms in total. The van der Waals surface area contributed by atoms with E-state index in [0.717, 1.165) is 53.6 Å². The van der Waals surface area contributed by atoms with Crippen LogP contribution in [0.2, 0.25) is 0 Å². The highest BCUT2D eigenvalue weighted by molar-refractivity contribution is 5.34. The van der Waals surface area contributed by atoms with E-state index in [0.29, 0.717) is 6.07 Å². The lowest BCUT2D eigenvalue weighted by molar-refractivity contribution is -0.207. The molecule has 0 saturated carbocycles. The lowest BCUT2D eigenvalue weighted by Gasteiger charge is -2.35. The van der Waals surface area contributed by atoms with E-state index in [1.807, 2.05) is 0 Å². The van der Waals surface area contributed by atoms with E-state index in [-0.39, 0.29) is 11.5 Å². The molecule has 2 aromatic carbocycles. The number of pyridine rings is 1. The fourth-order valence-electron chi connectivity index (χ4n) is 3.14. The molecule has 0 saturated heterocycles. The van der Waals surface area contributed by atoms with E-state index in [9.17, 15) is 18.3 Å². The highest BCUT2D eigenvalue weighted by Crippen LogP contribution is 2.46. The molecule has 12 heteroatoms. The van der Waals surface area contributed by atoms with Crippen LogP contribution in [0.4, 0.5) is 22.0 Å². The number of rotatable bonds is 7. The fourth-order valence-corrected chi connectivity index (χ4v) is 3.14. The Hall–Kier alpha value is -3.93. The van der Waals surface area contributed by atoms with Crippen LogP contribution in [0.1, 0.15) is 11.3 Å². The summed E-state index contributed by atoms with van der Waals surface area (Å²) in [4.78, 5) is 3.67. The SMILES string of the molecule is OC(Cn1cnnn1)(c1ccc(F)cc1F)C(F)(F)c1ccc(Oc2ccc(F)cc2)cn1. The van der Waals surface area contributed by atoms with Crippen molar-refractivity contribution in [2.75, 3.05) is 0 Å². The minimum absolute atomic E-state index is 0.0538. The molecule has 0 fully saturated rings. The Morgan fingerprint density at radius 2 is 1.61 bits per heavy atom. The summed E-state index contributed by atoms with van der Waals surface area (Å²) in [6, 6.07) is 8.84. The largest absolute Gasteiger partial charge is 0.456 e. The van der Waals surface area contributed by atoms with Crippen molar-refractivity contribution in [3.63, 3.8) is 0 Å². The predicted octanol–water partition coefficient (Wildman–Crippen LogP) is 3.96. The lowest BCUT2D eigenvalue weighted by atomic mass is 9.84. The summed E-state index contributed by atoms with van der Waals surface area (Å²) in [5.41, 5.74) is -5.04. The normalized spacial score (nSPS) is 13.5. The minimum atomic E-state index is -4.19. The Morgan fingerprint density at radius 3 is 2.21 bits per heavy atom. The van der Waals surface area contributed by atoms with Gasteiger partial charge >= 0.3 is 5.92 Å². The number of alkyl halides is 2. The van der Waals surface area contributed by atoms with Crippen LogP contribution in [0.5, 0.6) is 11.5 Å². The van der Waals surface area contributed by atoms with Crippen molar-refractivity contribution in [2.24, 2.45) is 0 Å². The van der Waals surface area contributed by atoms with Crippen LogP contribution in [0, 0.1) is 17.5 Å². The summed E-state index contributed by atoms with van der Waals surface area (Å²) in [6.45, 7) is -0.967. The molecule has 2 aromatic heterocycles. The third-order valence-electron chi connectivity index (χ3n) is 4.79. The third kappa shape index (κ3) is 4.37. The van der Waals surface area contributed by atoms with E-state index in [1.165, 1.54) is 12.1 Å². The molecule has 0 aliphatic rings. The van der Waals surface area contributed by atoms with Crippen molar-refractivity contribution in [3.05, 3.63) is 95.8 Å². The van der Waals surface area contributed by atoms with E-state index in [1.54, 1.807) is 0 Å². The molecule has 0 aliphatic heterocycles. The van der Waals surface area contributed by atoms with Crippen LogP contribution in [0.25, 0.3) is 0 Å². The standard InChI is InChI=1S/C21H14F5N5O2/c22-13-1-4-15(5-2-13)33-16-6-8-19(27-10-16)21(25,26)20(32,11-31-12-28-29-30-31)17-7-3-14(23)9-18(17)24/h1-10,12,32H,11H2.